The molecule has 0 unspecified atom stereocenters. The largest absolute Gasteiger partial charge is 0.375 e. The lowest BCUT2D eigenvalue weighted by Crippen LogP contribution is -2.35. The molecular weight excluding hydrogens is 366 g/mol. The van der Waals surface area contributed by atoms with Crippen LogP contribution >= 0.6 is 0 Å². The molecule has 1 atom stereocenters. The number of hydrogen-bond acceptors (Lipinski definition) is 4. The summed E-state index contributed by atoms with van der Waals surface area (Å²) in [5, 5.41) is 14.7. The number of anilines is 2. The molecule has 1 amide bonds. The lowest BCUT2D eigenvalue weighted by atomic mass is 10.1. The second-order valence-corrected chi connectivity index (χ2v) is 7.19. The molecule has 29 heavy (non-hydrogen) atoms. The molecule has 3 aromatic carbocycles. The van der Waals surface area contributed by atoms with Gasteiger partial charge >= 0.3 is 0 Å². The van der Waals surface area contributed by atoms with E-state index < -0.39 is 4.92 Å². The number of hydrogen-bond donors (Lipinski definition) is 1. The topological polar surface area (TPSA) is 75.5 Å². The van der Waals surface area contributed by atoms with E-state index in [9.17, 15) is 14.9 Å². The minimum absolute atomic E-state index is 0.00911. The van der Waals surface area contributed by atoms with Gasteiger partial charge in [0.2, 0.25) is 0 Å². The van der Waals surface area contributed by atoms with Gasteiger partial charge in [-0.15, -0.1) is 0 Å². The van der Waals surface area contributed by atoms with E-state index in [1.807, 2.05) is 61.5 Å². The number of nitrogens with one attached hydrogen (secondary N) is 1. The summed E-state index contributed by atoms with van der Waals surface area (Å²) in [6, 6.07) is 22.1. The fourth-order valence-electron chi connectivity index (χ4n) is 3.77. The van der Waals surface area contributed by atoms with E-state index in [-0.39, 0.29) is 17.6 Å². The Bertz CT molecular complexity index is 1070. The second-order valence-electron chi connectivity index (χ2n) is 7.19. The third-order valence-electron chi connectivity index (χ3n) is 5.19. The molecular formula is C23H21N3O3. The van der Waals surface area contributed by atoms with E-state index in [1.54, 1.807) is 17.0 Å². The lowest BCUT2D eigenvalue weighted by molar-refractivity contribution is -0.384. The molecule has 0 spiro atoms. The minimum atomic E-state index is -0.453. The Morgan fingerprint density at radius 2 is 1.83 bits per heavy atom. The zero-order chi connectivity index (χ0) is 20.4. The van der Waals surface area contributed by atoms with Gasteiger partial charge in [-0.2, -0.15) is 0 Å². The fraction of sp³-hybridized carbons (Fsp3) is 0.174. The molecule has 4 rings (SSSR count). The third-order valence-corrected chi connectivity index (χ3v) is 5.19. The van der Waals surface area contributed by atoms with E-state index in [1.165, 1.54) is 6.07 Å². The summed E-state index contributed by atoms with van der Waals surface area (Å²) < 4.78 is 0. The van der Waals surface area contributed by atoms with Gasteiger partial charge in [0.25, 0.3) is 11.6 Å². The number of amides is 1. The molecule has 1 aliphatic heterocycles. The van der Waals surface area contributed by atoms with Crippen LogP contribution in [0.25, 0.3) is 0 Å². The average molecular weight is 387 g/mol. The first kappa shape index (κ1) is 18.7. The Labute approximate surface area is 168 Å². The van der Waals surface area contributed by atoms with Crippen molar-refractivity contribution in [3.63, 3.8) is 0 Å². The van der Waals surface area contributed by atoms with Crippen molar-refractivity contribution in [1.29, 1.82) is 0 Å². The lowest BCUT2D eigenvalue weighted by Gasteiger charge is -2.23. The highest BCUT2D eigenvalue weighted by atomic mass is 16.6. The molecule has 0 saturated heterocycles. The van der Waals surface area contributed by atoms with Crippen LogP contribution in [-0.4, -0.2) is 16.9 Å². The molecule has 6 nitrogen and oxygen atoms in total. The Balaban J connectivity index is 1.61. The Kier molecular flexibility index (Phi) is 4.99. The van der Waals surface area contributed by atoms with Gasteiger partial charge < -0.3 is 10.2 Å². The van der Waals surface area contributed by atoms with Crippen LogP contribution in [0.15, 0.2) is 72.8 Å². The molecule has 0 bridgehead atoms. The standard InChI is InChI=1S/C23H21N3O3/c1-16-13-18-9-5-6-10-21(18)25(16)23(27)19-11-12-20(22(14-19)26(28)29)24-15-17-7-3-2-4-8-17/h2-12,14,16,24H,13,15H2,1H3/t16-/m0/s1. The molecule has 146 valence electrons. The predicted molar refractivity (Wildman–Crippen MR) is 113 cm³/mol. The number of carbonyl (C=O) groups is 1. The quantitative estimate of drug-likeness (QED) is 0.504. The van der Waals surface area contributed by atoms with Crippen molar-refractivity contribution in [2.24, 2.45) is 0 Å². The molecule has 0 saturated carbocycles. The van der Waals surface area contributed by atoms with E-state index in [0.717, 1.165) is 23.2 Å². The van der Waals surface area contributed by atoms with Crippen LogP contribution in [0.3, 0.4) is 0 Å². The van der Waals surface area contributed by atoms with Crippen molar-refractivity contribution >= 4 is 23.0 Å². The van der Waals surface area contributed by atoms with Crippen LogP contribution in [0.4, 0.5) is 17.1 Å². The van der Waals surface area contributed by atoms with E-state index in [0.29, 0.717) is 17.8 Å². The molecule has 0 fully saturated rings. The first-order valence-corrected chi connectivity index (χ1v) is 9.52. The SMILES string of the molecule is C[C@H]1Cc2ccccc2N1C(=O)c1ccc(NCc2ccccc2)c([N+](=O)[O-])c1. The van der Waals surface area contributed by atoms with E-state index in [2.05, 4.69) is 5.32 Å². The van der Waals surface area contributed by atoms with Crippen molar-refractivity contribution in [3.05, 3.63) is 99.6 Å². The summed E-state index contributed by atoms with van der Waals surface area (Å²) in [6.45, 7) is 2.45. The fourth-order valence-corrected chi connectivity index (χ4v) is 3.77. The van der Waals surface area contributed by atoms with Crippen molar-refractivity contribution in [1.82, 2.24) is 0 Å². The van der Waals surface area contributed by atoms with Crippen LogP contribution in [0, 0.1) is 10.1 Å². The van der Waals surface area contributed by atoms with Gasteiger partial charge in [-0.25, -0.2) is 0 Å². The molecule has 1 N–H and O–H groups in total. The predicted octanol–water partition coefficient (Wildman–Crippen LogP) is 4.80. The third kappa shape index (κ3) is 3.69. The highest BCUT2D eigenvalue weighted by Gasteiger charge is 2.32. The van der Waals surface area contributed by atoms with Crippen molar-refractivity contribution in [3.8, 4) is 0 Å². The molecule has 0 radical (unpaired) electrons. The highest BCUT2D eigenvalue weighted by Crippen LogP contribution is 2.34. The van der Waals surface area contributed by atoms with E-state index >= 15 is 0 Å². The van der Waals surface area contributed by atoms with Gasteiger partial charge in [0.1, 0.15) is 5.69 Å². The van der Waals surface area contributed by atoms with Crippen LogP contribution < -0.4 is 10.2 Å². The summed E-state index contributed by atoms with van der Waals surface area (Å²) in [5.74, 6) is -0.222. The van der Waals surface area contributed by atoms with Crippen molar-refractivity contribution < 1.29 is 9.72 Å². The molecule has 3 aromatic rings. The average Bonchev–Trinajstić information content (AvgIpc) is 3.08. The van der Waals surface area contributed by atoms with Gasteiger partial charge in [-0.3, -0.25) is 14.9 Å². The number of nitrogens with zero attached hydrogens (tertiary/aromatic N) is 2. The van der Waals surface area contributed by atoms with Crippen LogP contribution in [-0.2, 0) is 13.0 Å². The number of rotatable bonds is 5. The summed E-state index contributed by atoms with van der Waals surface area (Å²) in [6.07, 6.45) is 0.778. The summed E-state index contributed by atoms with van der Waals surface area (Å²) in [4.78, 5) is 26.1. The number of fused-ring (bicyclic) bond motifs is 1. The molecule has 1 aliphatic rings. The normalized spacial score (nSPS) is 15.1. The maximum Gasteiger partial charge on any atom is 0.293 e. The monoisotopic (exact) mass is 387 g/mol. The maximum absolute atomic E-state index is 13.2. The van der Waals surface area contributed by atoms with E-state index in [4.69, 9.17) is 0 Å². The zero-order valence-corrected chi connectivity index (χ0v) is 16.0. The number of carbonyl (C=O) groups excluding carboxylic acids is 1. The number of nitro groups is 1. The molecule has 6 heteroatoms. The summed E-state index contributed by atoms with van der Waals surface area (Å²) in [5.41, 5.74) is 3.61. The Hall–Kier alpha value is -3.67. The highest BCUT2D eigenvalue weighted by molar-refractivity contribution is 6.08. The van der Waals surface area contributed by atoms with Gasteiger partial charge in [-0.1, -0.05) is 48.5 Å². The zero-order valence-electron chi connectivity index (χ0n) is 16.0. The first-order valence-electron chi connectivity index (χ1n) is 9.52. The molecule has 1 heterocycles. The van der Waals surface area contributed by atoms with Crippen LogP contribution in [0.1, 0.15) is 28.4 Å². The van der Waals surface area contributed by atoms with Gasteiger partial charge in [0.15, 0.2) is 0 Å². The smallest absolute Gasteiger partial charge is 0.293 e. The van der Waals surface area contributed by atoms with Crippen molar-refractivity contribution in [2.75, 3.05) is 10.2 Å². The second kappa shape index (κ2) is 7.75. The number of para-hydroxylation sites is 1. The summed E-state index contributed by atoms with van der Waals surface area (Å²) in [7, 11) is 0. The summed E-state index contributed by atoms with van der Waals surface area (Å²) >= 11 is 0. The Morgan fingerprint density at radius 1 is 1.10 bits per heavy atom. The molecule has 0 aliphatic carbocycles. The number of nitro benzene ring substituents is 1. The van der Waals surface area contributed by atoms with Gasteiger partial charge in [0, 0.05) is 29.9 Å². The maximum atomic E-state index is 13.2. The number of benzene rings is 3. The molecule has 0 aromatic heterocycles. The van der Waals surface area contributed by atoms with Crippen LogP contribution in [0.5, 0.6) is 0 Å². The van der Waals surface area contributed by atoms with Crippen molar-refractivity contribution in [2.45, 2.75) is 25.9 Å². The van der Waals surface area contributed by atoms with Gasteiger partial charge in [0.05, 0.1) is 4.92 Å². The van der Waals surface area contributed by atoms with Gasteiger partial charge in [-0.05, 0) is 42.7 Å². The first-order chi connectivity index (χ1) is 14.0. The minimum Gasteiger partial charge on any atom is -0.375 e. The van der Waals surface area contributed by atoms with Crippen LogP contribution in [0.2, 0.25) is 0 Å². The Morgan fingerprint density at radius 3 is 2.59 bits per heavy atom.